The second kappa shape index (κ2) is 5.63. The van der Waals surface area contributed by atoms with E-state index in [4.69, 9.17) is 11.0 Å². The van der Waals surface area contributed by atoms with Crippen molar-refractivity contribution in [2.45, 2.75) is 25.7 Å². The molecule has 5 heteroatoms. The molecule has 1 aromatic carbocycles. The van der Waals surface area contributed by atoms with Crippen LogP contribution in [0.1, 0.15) is 24.0 Å². The first-order valence-corrected chi connectivity index (χ1v) is 6.22. The first kappa shape index (κ1) is 13.2. The largest absolute Gasteiger partial charge is 0.330 e. The van der Waals surface area contributed by atoms with Crippen LogP contribution in [-0.4, -0.2) is 18.4 Å². The Hall–Kier alpha value is -2.19. The van der Waals surface area contributed by atoms with Crippen LogP contribution >= 0.6 is 0 Å². The molecular weight excluding hydrogens is 242 g/mol. The minimum Gasteiger partial charge on any atom is -0.330 e. The molecule has 1 aromatic rings. The second-order valence-electron chi connectivity index (χ2n) is 4.46. The molecule has 2 amide bonds. The van der Waals surface area contributed by atoms with Gasteiger partial charge in [0.25, 0.3) is 0 Å². The zero-order valence-electron chi connectivity index (χ0n) is 10.6. The zero-order chi connectivity index (χ0) is 13.8. The van der Waals surface area contributed by atoms with Gasteiger partial charge in [-0.05, 0) is 36.6 Å². The number of hydrogen-bond acceptors (Lipinski definition) is 4. The van der Waals surface area contributed by atoms with Gasteiger partial charge in [0.15, 0.2) is 0 Å². The SMILES string of the molecule is N#CCC(=O)N1C(=O)CCc2cc(CCN)ccc21. The number of nitriles is 1. The molecule has 1 heterocycles. The molecule has 2 N–H and O–H groups in total. The van der Waals surface area contributed by atoms with Crippen LogP contribution in [-0.2, 0) is 22.4 Å². The lowest BCUT2D eigenvalue weighted by Crippen LogP contribution is -2.40. The highest BCUT2D eigenvalue weighted by atomic mass is 16.2. The Morgan fingerprint density at radius 1 is 1.42 bits per heavy atom. The van der Waals surface area contributed by atoms with Crippen molar-refractivity contribution in [3.8, 4) is 6.07 Å². The number of imide groups is 1. The van der Waals surface area contributed by atoms with E-state index in [1.165, 1.54) is 0 Å². The van der Waals surface area contributed by atoms with Gasteiger partial charge in [-0.15, -0.1) is 0 Å². The molecule has 0 unspecified atom stereocenters. The van der Waals surface area contributed by atoms with E-state index < -0.39 is 5.91 Å². The summed E-state index contributed by atoms with van der Waals surface area (Å²) in [5.74, 6) is -0.695. The molecule has 0 fully saturated rings. The van der Waals surface area contributed by atoms with Crippen molar-refractivity contribution in [2.75, 3.05) is 11.4 Å². The second-order valence-corrected chi connectivity index (χ2v) is 4.46. The van der Waals surface area contributed by atoms with E-state index in [1.807, 2.05) is 12.1 Å². The van der Waals surface area contributed by atoms with Crippen LogP contribution in [0.3, 0.4) is 0 Å². The van der Waals surface area contributed by atoms with Crippen molar-refractivity contribution in [1.82, 2.24) is 0 Å². The van der Waals surface area contributed by atoms with Crippen molar-refractivity contribution in [3.05, 3.63) is 29.3 Å². The van der Waals surface area contributed by atoms with Gasteiger partial charge >= 0.3 is 0 Å². The summed E-state index contributed by atoms with van der Waals surface area (Å²) in [7, 11) is 0. The predicted molar refractivity (Wildman–Crippen MR) is 70.2 cm³/mol. The van der Waals surface area contributed by atoms with E-state index in [2.05, 4.69) is 0 Å². The van der Waals surface area contributed by atoms with Crippen molar-refractivity contribution in [2.24, 2.45) is 5.73 Å². The van der Waals surface area contributed by atoms with Gasteiger partial charge in [-0.2, -0.15) is 5.26 Å². The first-order valence-electron chi connectivity index (χ1n) is 6.22. The van der Waals surface area contributed by atoms with Gasteiger partial charge in [0, 0.05) is 6.42 Å². The maximum Gasteiger partial charge on any atom is 0.247 e. The van der Waals surface area contributed by atoms with Gasteiger partial charge < -0.3 is 5.73 Å². The van der Waals surface area contributed by atoms with Crippen molar-refractivity contribution in [1.29, 1.82) is 5.26 Å². The number of rotatable bonds is 3. The molecule has 0 spiro atoms. The van der Waals surface area contributed by atoms with Gasteiger partial charge in [0.05, 0.1) is 11.8 Å². The third-order valence-electron chi connectivity index (χ3n) is 3.16. The van der Waals surface area contributed by atoms with Crippen LogP contribution < -0.4 is 10.6 Å². The number of fused-ring (bicyclic) bond motifs is 1. The Labute approximate surface area is 111 Å². The first-order chi connectivity index (χ1) is 9.17. The van der Waals surface area contributed by atoms with Crippen molar-refractivity contribution < 1.29 is 9.59 Å². The lowest BCUT2D eigenvalue weighted by atomic mass is 9.97. The molecule has 98 valence electrons. The maximum absolute atomic E-state index is 11.9. The zero-order valence-corrected chi connectivity index (χ0v) is 10.6. The van der Waals surface area contributed by atoms with Crippen molar-refractivity contribution >= 4 is 17.5 Å². The summed E-state index contributed by atoms with van der Waals surface area (Å²) >= 11 is 0. The molecule has 0 saturated carbocycles. The van der Waals surface area contributed by atoms with E-state index in [0.29, 0.717) is 25.1 Å². The minimum absolute atomic E-state index is 0.237. The topological polar surface area (TPSA) is 87.2 Å². The van der Waals surface area contributed by atoms with Gasteiger partial charge in [0.1, 0.15) is 6.42 Å². The molecule has 0 saturated heterocycles. The fourth-order valence-corrected chi connectivity index (χ4v) is 2.29. The summed E-state index contributed by atoms with van der Waals surface area (Å²) in [6.07, 6.45) is 1.42. The standard InChI is InChI=1S/C14H15N3O2/c15-7-5-10-1-3-12-11(9-10)2-4-13(18)17(12)14(19)6-8-16/h1,3,9H,2,4-7,15H2. The number of aryl methyl sites for hydroxylation is 1. The number of amides is 2. The highest BCUT2D eigenvalue weighted by Gasteiger charge is 2.29. The Morgan fingerprint density at radius 3 is 2.89 bits per heavy atom. The number of benzene rings is 1. The monoisotopic (exact) mass is 257 g/mol. The van der Waals surface area contributed by atoms with Crippen LogP contribution in [0, 0.1) is 11.3 Å². The molecule has 0 aliphatic carbocycles. The number of nitrogens with zero attached hydrogens (tertiary/aromatic N) is 2. The summed E-state index contributed by atoms with van der Waals surface area (Å²) in [5, 5.41) is 8.59. The molecule has 5 nitrogen and oxygen atoms in total. The van der Waals surface area contributed by atoms with Gasteiger partial charge in [-0.25, -0.2) is 4.90 Å². The van der Waals surface area contributed by atoms with Crippen LogP contribution in [0.4, 0.5) is 5.69 Å². The lowest BCUT2D eigenvalue weighted by Gasteiger charge is -2.27. The summed E-state index contributed by atoms with van der Waals surface area (Å²) in [6.45, 7) is 0.564. The molecule has 0 atom stereocenters. The molecule has 19 heavy (non-hydrogen) atoms. The van der Waals surface area contributed by atoms with Crippen LogP contribution in [0.2, 0.25) is 0 Å². The summed E-state index contributed by atoms with van der Waals surface area (Å²) in [4.78, 5) is 24.8. The lowest BCUT2D eigenvalue weighted by molar-refractivity contribution is -0.126. The number of carbonyl (C=O) groups is 2. The molecule has 2 rings (SSSR count). The van der Waals surface area contributed by atoms with Gasteiger partial charge in [-0.1, -0.05) is 12.1 Å². The molecule has 0 bridgehead atoms. The quantitative estimate of drug-likeness (QED) is 0.871. The summed E-state index contributed by atoms with van der Waals surface area (Å²) in [5.41, 5.74) is 8.20. The van der Waals surface area contributed by atoms with Gasteiger partial charge in [0.2, 0.25) is 11.8 Å². The molecule has 1 aliphatic heterocycles. The highest BCUT2D eigenvalue weighted by molar-refractivity contribution is 6.16. The third kappa shape index (κ3) is 2.64. The molecule has 0 aromatic heterocycles. The third-order valence-corrected chi connectivity index (χ3v) is 3.16. The normalized spacial score (nSPS) is 13.9. The Morgan fingerprint density at radius 2 is 2.21 bits per heavy atom. The van der Waals surface area contributed by atoms with E-state index >= 15 is 0 Å². The Balaban J connectivity index is 2.37. The number of nitrogens with two attached hydrogens (primary N) is 1. The summed E-state index contributed by atoms with van der Waals surface area (Å²) < 4.78 is 0. The minimum atomic E-state index is -0.458. The van der Waals surface area contributed by atoms with Crippen LogP contribution in [0.15, 0.2) is 18.2 Å². The van der Waals surface area contributed by atoms with E-state index in [0.717, 1.165) is 22.4 Å². The van der Waals surface area contributed by atoms with E-state index in [-0.39, 0.29) is 12.3 Å². The Bertz CT molecular complexity index is 560. The fourth-order valence-electron chi connectivity index (χ4n) is 2.29. The van der Waals surface area contributed by atoms with Crippen LogP contribution in [0.5, 0.6) is 0 Å². The highest BCUT2D eigenvalue weighted by Crippen LogP contribution is 2.29. The Kier molecular flexibility index (Phi) is 3.93. The van der Waals surface area contributed by atoms with E-state index in [1.54, 1.807) is 12.1 Å². The molecule has 0 radical (unpaired) electrons. The average Bonchev–Trinajstić information content (AvgIpc) is 2.39. The average molecular weight is 257 g/mol. The van der Waals surface area contributed by atoms with Crippen molar-refractivity contribution in [3.63, 3.8) is 0 Å². The number of anilines is 1. The summed E-state index contributed by atoms with van der Waals surface area (Å²) in [6, 6.07) is 7.42. The smallest absolute Gasteiger partial charge is 0.247 e. The predicted octanol–water partition coefficient (Wildman–Crippen LogP) is 0.907. The fraction of sp³-hybridized carbons (Fsp3) is 0.357. The number of hydrogen-bond donors (Lipinski definition) is 1. The van der Waals surface area contributed by atoms with Crippen LogP contribution in [0.25, 0.3) is 0 Å². The van der Waals surface area contributed by atoms with Gasteiger partial charge in [-0.3, -0.25) is 9.59 Å². The number of carbonyl (C=O) groups excluding carboxylic acids is 2. The van der Waals surface area contributed by atoms with E-state index in [9.17, 15) is 9.59 Å². The molecular formula is C14H15N3O2. The maximum atomic E-state index is 11.9. The molecule has 1 aliphatic rings.